The Morgan fingerprint density at radius 3 is 1.05 bits per heavy atom. The van der Waals surface area contributed by atoms with Gasteiger partial charge in [-0.1, -0.05) is 248 Å². The van der Waals surface area contributed by atoms with E-state index in [1.807, 2.05) is 0 Å². The zero-order chi connectivity index (χ0) is 55.5. The summed E-state index contributed by atoms with van der Waals surface area (Å²) in [5.41, 5.74) is 0. The van der Waals surface area contributed by atoms with Gasteiger partial charge in [0.25, 0.3) is 0 Å². The van der Waals surface area contributed by atoms with Gasteiger partial charge in [0.15, 0.2) is 6.10 Å². The number of hydrogen-bond donors (Lipinski definition) is 2. The van der Waals surface area contributed by atoms with Gasteiger partial charge in [-0.15, -0.1) is 0 Å². The summed E-state index contributed by atoms with van der Waals surface area (Å²) in [6, 6.07) is 0. The van der Waals surface area contributed by atoms with Crippen molar-refractivity contribution in [2.24, 2.45) is 0 Å². The lowest BCUT2D eigenvalue weighted by Gasteiger charge is -2.21. The van der Waals surface area contributed by atoms with Crippen LogP contribution in [0.15, 0.2) is 72.9 Å². The number of unbranched alkanes of at least 4 members (excludes halogenated alkanes) is 28. The third kappa shape index (κ3) is 55.7. The maximum absolute atomic E-state index is 12.9. The number of hydrogen-bond acceptors (Lipinski definition) is 10. The van der Waals surface area contributed by atoms with Gasteiger partial charge in [0.1, 0.15) is 12.7 Å². The van der Waals surface area contributed by atoms with Crippen LogP contribution in [0.2, 0.25) is 0 Å². The molecule has 0 saturated heterocycles. The molecule has 0 aliphatic carbocycles. The van der Waals surface area contributed by atoms with E-state index in [2.05, 4.69) is 93.7 Å². The normalized spacial score (nSPS) is 13.8. The van der Waals surface area contributed by atoms with E-state index in [0.717, 1.165) is 122 Å². The number of aliphatic hydroxyl groups excluding tert-OH is 1. The molecule has 0 heterocycles. The van der Waals surface area contributed by atoms with Gasteiger partial charge in [-0.05, 0) is 83.5 Å². The SMILES string of the molecule is CC/C=C\C/C=C\C/C=C\CCCCCCCCCC(=O)OCC(COP(=O)(O)OCC(CO)OC(=O)CCCCCCC/C=C\C/C=C\C/C=C\CC)OC(=O)CCCCCCCCCCCCCCCCCCC. The molecule has 0 aromatic rings. The third-order valence-corrected chi connectivity index (χ3v) is 14.1. The summed E-state index contributed by atoms with van der Waals surface area (Å²) in [4.78, 5) is 48.7. The molecule has 3 atom stereocenters. The number of phosphoric acid groups is 1. The first-order valence-corrected chi connectivity index (χ1v) is 32.3. The summed E-state index contributed by atoms with van der Waals surface area (Å²) < 4.78 is 39.6. The number of ether oxygens (including phenoxy) is 3. The van der Waals surface area contributed by atoms with E-state index in [1.54, 1.807) is 0 Å². The second-order valence-corrected chi connectivity index (χ2v) is 21.9. The van der Waals surface area contributed by atoms with Crippen molar-refractivity contribution < 1.29 is 52.2 Å². The van der Waals surface area contributed by atoms with Crippen LogP contribution in [0.1, 0.15) is 278 Å². The molecule has 0 aliphatic heterocycles. The minimum absolute atomic E-state index is 0.157. The second-order valence-electron chi connectivity index (χ2n) is 20.5. The maximum Gasteiger partial charge on any atom is 0.472 e. The highest BCUT2D eigenvalue weighted by molar-refractivity contribution is 7.47. The molecule has 0 aliphatic rings. The number of aliphatic hydroxyl groups is 1. The summed E-state index contributed by atoms with van der Waals surface area (Å²) in [5.74, 6) is -1.48. The summed E-state index contributed by atoms with van der Waals surface area (Å²) in [6.07, 6.45) is 65.7. The Kier molecular flexibility index (Phi) is 55.7. The molecular weight excluding hydrogens is 976 g/mol. The van der Waals surface area contributed by atoms with Crippen molar-refractivity contribution in [1.82, 2.24) is 0 Å². The van der Waals surface area contributed by atoms with Gasteiger partial charge in [-0.3, -0.25) is 23.4 Å². The van der Waals surface area contributed by atoms with E-state index in [9.17, 15) is 28.9 Å². The molecule has 76 heavy (non-hydrogen) atoms. The lowest BCUT2D eigenvalue weighted by molar-refractivity contribution is -0.161. The Balaban J connectivity index is 4.72. The van der Waals surface area contributed by atoms with Crippen LogP contribution in [0.4, 0.5) is 0 Å². The van der Waals surface area contributed by atoms with Gasteiger partial charge in [-0.2, -0.15) is 0 Å². The number of carbonyl (C=O) groups excluding carboxylic acids is 3. The number of allylic oxidation sites excluding steroid dienone is 12. The van der Waals surface area contributed by atoms with Gasteiger partial charge < -0.3 is 24.2 Å². The molecule has 12 heteroatoms. The molecule has 0 fully saturated rings. The highest BCUT2D eigenvalue weighted by Gasteiger charge is 2.28. The van der Waals surface area contributed by atoms with Crippen molar-refractivity contribution in [2.75, 3.05) is 26.4 Å². The molecule has 0 spiro atoms. The predicted molar refractivity (Wildman–Crippen MR) is 316 cm³/mol. The summed E-state index contributed by atoms with van der Waals surface area (Å²) in [5, 5.41) is 9.83. The smallest absolute Gasteiger partial charge is 0.462 e. The average molecular weight is 1090 g/mol. The Hall–Kier alpha value is -3.08. The van der Waals surface area contributed by atoms with Crippen LogP contribution >= 0.6 is 7.82 Å². The fraction of sp³-hybridized carbons (Fsp3) is 0.766. The number of carbonyl (C=O) groups is 3. The first-order chi connectivity index (χ1) is 37.2. The topological polar surface area (TPSA) is 155 Å². The molecule has 0 saturated carbocycles. The molecule has 11 nitrogen and oxygen atoms in total. The average Bonchev–Trinajstić information content (AvgIpc) is 3.41. The molecule has 0 aromatic carbocycles. The van der Waals surface area contributed by atoms with E-state index in [0.29, 0.717) is 19.3 Å². The zero-order valence-corrected chi connectivity index (χ0v) is 49.6. The number of rotatable bonds is 57. The van der Waals surface area contributed by atoms with Gasteiger partial charge in [0.2, 0.25) is 0 Å². The second kappa shape index (κ2) is 58.1. The number of esters is 3. The molecule has 0 bridgehead atoms. The van der Waals surface area contributed by atoms with Gasteiger partial charge in [0, 0.05) is 19.3 Å². The Bertz CT molecular complexity index is 1550. The monoisotopic (exact) mass is 1090 g/mol. The highest BCUT2D eigenvalue weighted by atomic mass is 31.2. The van der Waals surface area contributed by atoms with Crippen molar-refractivity contribution in [2.45, 2.75) is 290 Å². The molecular formula is C64H113O11P. The first kappa shape index (κ1) is 72.9. The summed E-state index contributed by atoms with van der Waals surface area (Å²) in [7, 11) is -4.76. The van der Waals surface area contributed by atoms with Crippen molar-refractivity contribution in [3.05, 3.63) is 72.9 Å². The van der Waals surface area contributed by atoms with Crippen LogP contribution in [0, 0.1) is 0 Å². The largest absolute Gasteiger partial charge is 0.472 e. The zero-order valence-electron chi connectivity index (χ0n) is 48.7. The van der Waals surface area contributed by atoms with Crippen molar-refractivity contribution in [1.29, 1.82) is 0 Å². The lowest BCUT2D eigenvalue weighted by atomic mass is 10.0. The fourth-order valence-corrected chi connectivity index (χ4v) is 9.29. The molecule has 0 radical (unpaired) electrons. The van der Waals surface area contributed by atoms with Gasteiger partial charge in [-0.25, -0.2) is 4.57 Å². The molecule has 2 N–H and O–H groups in total. The summed E-state index contributed by atoms with van der Waals surface area (Å²) in [6.45, 7) is 4.43. The van der Waals surface area contributed by atoms with Crippen LogP contribution in [-0.4, -0.2) is 66.5 Å². The Morgan fingerprint density at radius 2 is 0.684 bits per heavy atom. The quantitative estimate of drug-likeness (QED) is 0.0197. The van der Waals surface area contributed by atoms with E-state index in [-0.39, 0.29) is 25.9 Å². The van der Waals surface area contributed by atoms with E-state index in [4.69, 9.17) is 23.3 Å². The van der Waals surface area contributed by atoms with Crippen LogP contribution < -0.4 is 0 Å². The Morgan fingerprint density at radius 1 is 0.382 bits per heavy atom. The van der Waals surface area contributed by atoms with Gasteiger partial charge in [0.05, 0.1) is 19.8 Å². The van der Waals surface area contributed by atoms with Gasteiger partial charge >= 0.3 is 25.7 Å². The minimum Gasteiger partial charge on any atom is -0.462 e. The minimum atomic E-state index is -4.76. The standard InChI is InChI=1S/C64H113O11P/c1-4-7-10-13-16-19-22-25-28-30-33-35-38-41-44-47-50-53-62(66)71-57-61(75-64(68)55-52-49-46-43-40-37-34-31-29-26-23-20-17-14-11-8-5-2)59-73-76(69,70)72-58-60(56-65)74-63(67)54-51-48-45-42-39-36-32-27-24-21-18-15-12-9-6-3/h7,9-10,12,16,18-19,21,25,27-28,32,60-61,65H,4-6,8,11,13-15,17,20,22-24,26,29-31,33-59H2,1-3H3,(H,69,70)/b10-7-,12-9-,19-16-,21-18-,28-25-,32-27-. The maximum atomic E-state index is 12.9. The van der Waals surface area contributed by atoms with Crippen LogP contribution in [0.5, 0.6) is 0 Å². The molecule has 440 valence electrons. The van der Waals surface area contributed by atoms with Crippen LogP contribution in [-0.2, 0) is 42.2 Å². The van der Waals surface area contributed by atoms with Crippen molar-refractivity contribution in [3.63, 3.8) is 0 Å². The molecule has 0 rings (SSSR count). The third-order valence-electron chi connectivity index (χ3n) is 13.1. The Labute approximate surface area is 465 Å². The van der Waals surface area contributed by atoms with Crippen LogP contribution in [0.3, 0.4) is 0 Å². The van der Waals surface area contributed by atoms with E-state index < -0.39 is 57.8 Å². The molecule has 3 unspecified atom stereocenters. The lowest BCUT2D eigenvalue weighted by Crippen LogP contribution is -2.30. The van der Waals surface area contributed by atoms with E-state index in [1.165, 1.54) is 96.3 Å². The highest BCUT2D eigenvalue weighted by Crippen LogP contribution is 2.43. The fourth-order valence-electron chi connectivity index (χ4n) is 8.50. The molecule has 0 aromatic heterocycles. The molecule has 0 amide bonds. The predicted octanol–water partition coefficient (Wildman–Crippen LogP) is 18.5. The van der Waals surface area contributed by atoms with Crippen molar-refractivity contribution in [3.8, 4) is 0 Å². The van der Waals surface area contributed by atoms with Crippen molar-refractivity contribution >= 4 is 25.7 Å². The summed E-state index contributed by atoms with van der Waals surface area (Å²) >= 11 is 0. The first-order valence-electron chi connectivity index (χ1n) is 30.8. The number of phosphoric ester groups is 1. The van der Waals surface area contributed by atoms with Crippen LogP contribution in [0.25, 0.3) is 0 Å². The van der Waals surface area contributed by atoms with E-state index >= 15 is 0 Å².